The normalized spacial score (nSPS) is 18.9. The average molecular weight is 219 g/mol. The van der Waals surface area contributed by atoms with E-state index in [9.17, 15) is 19.7 Å². The Morgan fingerprint density at radius 2 is 2.53 bits per heavy atom. The molecule has 0 saturated carbocycles. The highest BCUT2D eigenvalue weighted by Gasteiger charge is 2.28. The Morgan fingerprint density at radius 3 is 3.07 bits per heavy atom. The molecule has 2 amide bonds. The number of carbonyl (C=O) groups excluding carboxylic acids is 2. The van der Waals surface area contributed by atoms with Crippen molar-refractivity contribution < 1.29 is 24.3 Å². The Morgan fingerprint density at radius 1 is 1.80 bits per heavy atom. The highest BCUT2D eigenvalue weighted by molar-refractivity contribution is 5.87. The van der Waals surface area contributed by atoms with Crippen molar-refractivity contribution in [3.8, 4) is 0 Å². The summed E-state index contributed by atoms with van der Waals surface area (Å²) in [5, 5.41) is 13.4. The summed E-state index contributed by atoms with van der Waals surface area (Å²) in [6.07, 6.45) is -0.656. The van der Waals surface area contributed by atoms with E-state index in [4.69, 9.17) is 0 Å². The van der Waals surface area contributed by atoms with Gasteiger partial charge in [-0.2, -0.15) is 0 Å². The van der Waals surface area contributed by atoms with Crippen LogP contribution in [0.1, 0.15) is 0 Å². The summed E-state index contributed by atoms with van der Waals surface area (Å²) >= 11 is 0. The van der Waals surface area contributed by atoms with Gasteiger partial charge in [0.05, 0.1) is 0 Å². The molecule has 0 aromatic rings. The predicted molar refractivity (Wildman–Crippen MR) is 44.2 cm³/mol. The quantitative estimate of drug-likeness (QED) is 0.327. The number of carbonyl (C=O) groups is 2. The van der Waals surface area contributed by atoms with Crippen LogP contribution in [0.25, 0.3) is 0 Å². The van der Waals surface area contributed by atoms with Gasteiger partial charge in [-0.1, -0.05) is 0 Å². The number of ether oxygens (including phenoxy) is 1. The number of nitrogens with one attached hydrogen (secondary N) is 2. The first-order chi connectivity index (χ1) is 7.09. The Kier molecular flexibility index (Phi) is 3.66. The number of amides is 2. The molecule has 1 fully saturated rings. The molecule has 15 heavy (non-hydrogen) atoms. The SMILES string of the molecule is O=C1N[C@H](C(=O)NCCO[N+](=O)[O-])CO1. The summed E-state index contributed by atoms with van der Waals surface area (Å²) in [6, 6.07) is -0.742. The molecule has 0 aliphatic carbocycles. The summed E-state index contributed by atoms with van der Waals surface area (Å²) in [5.41, 5.74) is 0. The second kappa shape index (κ2) is 4.98. The fourth-order valence-corrected chi connectivity index (χ4v) is 0.943. The maximum atomic E-state index is 11.2. The number of hydrogen-bond acceptors (Lipinski definition) is 6. The van der Waals surface area contributed by atoms with E-state index in [-0.39, 0.29) is 19.8 Å². The van der Waals surface area contributed by atoms with Crippen molar-refractivity contribution >= 4 is 12.0 Å². The third-order valence-corrected chi connectivity index (χ3v) is 1.59. The second-order valence-electron chi connectivity index (χ2n) is 2.64. The summed E-state index contributed by atoms with van der Waals surface area (Å²) in [5.74, 6) is -0.465. The van der Waals surface area contributed by atoms with Crippen molar-refractivity contribution in [3.63, 3.8) is 0 Å². The Hall–Kier alpha value is -2.06. The van der Waals surface area contributed by atoms with E-state index in [1.54, 1.807) is 0 Å². The first-order valence-electron chi connectivity index (χ1n) is 4.08. The molecule has 0 radical (unpaired) electrons. The van der Waals surface area contributed by atoms with Gasteiger partial charge in [0.2, 0.25) is 5.91 Å². The molecule has 1 rings (SSSR count). The first kappa shape index (κ1) is 11.0. The average Bonchev–Trinajstić information content (AvgIpc) is 2.59. The lowest BCUT2D eigenvalue weighted by Gasteiger charge is -2.07. The maximum Gasteiger partial charge on any atom is 0.407 e. The molecule has 9 nitrogen and oxygen atoms in total. The van der Waals surface area contributed by atoms with Crippen molar-refractivity contribution in [1.82, 2.24) is 10.6 Å². The molecule has 1 heterocycles. The van der Waals surface area contributed by atoms with Crippen molar-refractivity contribution in [2.45, 2.75) is 6.04 Å². The Labute approximate surface area is 83.8 Å². The Balaban J connectivity index is 2.13. The van der Waals surface area contributed by atoms with Crippen molar-refractivity contribution in [2.24, 2.45) is 0 Å². The van der Waals surface area contributed by atoms with E-state index in [0.29, 0.717) is 0 Å². The molecule has 1 aliphatic rings. The smallest absolute Gasteiger partial charge is 0.407 e. The molecule has 0 aromatic heterocycles. The van der Waals surface area contributed by atoms with Gasteiger partial charge in [0.15, 0.2) is 0 Å². The molecule has 0 bridgehead atoms. The van der Waals surface area contributed by atoms with Crippen LogP contribution in [0.2, 0.25) is 0 Å². The zero-order valence-electron chi connectivity index (χ0n) is 7.60. The van der Waals surface area contributed by atoms with Crippen molar-refractivity contribution in [3.05, 3.63) is 10.1 Å². The van der Waals surface area contributed by atoms with E-state index in [1.165, 1.54) is 0 Å². The van der Waals surface area contributed by atoms with Crippen molar-refractivity contribution in [2.75, 3.05) is 19.8 Å². The van der Waals surface area contributed by atoms with Gasteiger partial charge in [0, 0.05) is 6.54 Å². The topological polar surface area (TPSA) is 120 Å². The van der Waals surface area contributed by atoms with E-state index in [0.717, 1.165) is 0 Å². The standard InChI is InChI=1S/C6H9N3O6/c10-5(4-3-14-6(11)8-4)7-1-2-15-9(12)13/h4H,1-3H2,(H,7,10)(H,8,11)/t4-/m0/s1. The minimum absolute atomic E-state index is 0.00775. The van der Waals surface area contributed by atoms with Crippen LogP contribution in [-0.4, -0.2) is 42.9 Å². The molecule has 84 valence electrons. The van der Waals surface area contributed by atoms with Crippen LogP contribution < -0.4 is 10.6 Å². The molecular formula is C6H9N3O6. The van der Waals surface area contributed by atoms with E-state index >= 15 is 0 Å². The molecule has 0 spiro atoms. The van der Waals surface area contributed by atoms with Gasteiger partial charge in [-0.25, -0.2) is 4.79 Å². The highest BCUT2D eigenvalue weighted by Crippen LogP contribution is 1.96. The van der Waals surface area contributed by atoms with Crippen LogP contribution in [0.15, 0.2) is 0 Å². The molecular weight excluding hydrogens is 210 g/mol. The van der Waals surface area contributed by atoms with E-state index < -0.39 is 23.1 Å². The van der Waals surface area contributed by atoms with Crippen LogP contribution in [0.3, 0.4) is 0 Å². The summed E-state index contributed by atoms with van der Waals surface area (Å²) in [6.45, 7) is -0.285. The van der Waals surface area contributed by atoms with Crippen LogP contribution in [0, 0.1) is 10.1 Å². The zero-order valence-corrected chi connectivity index (χ0v) is 7.60. The number of alkyl carbamates (subject to hydrolysis) is 1. The lowest BCUT2D eigenvalue weighted by Crippen LogP contribution is -2.43. The third kappa shape index (κ3) is 3.67. The van der Waals surface area contributed by atoms with Gasteiger partial charge >= 0.3 is 6.09 Å². The largest absolute Gasteiger partial charge is 0.447 e. The number of hydrogen-bond donors (Lipinski definition) is 2. The van der Waals surface area contributed by atoms with Gasteiger partial charge in [-0.15, -0.1) is 10.1 Å². The maximum absolute atomic E-state index is 11.2. The van der Waals surface area contributed by atoms with E-state index in [2.05, 4.69) is 20.2 Å². The molecule has 9 heteroatoms. The van der Waals surface area contributed by atoms with Crippen molar-refractivity contribution in [1.29, 1.82) is 0 Å². The second-order valence-corrected chi connectivity index (χ2v) is 2.64. The number of cyclic esters (lactones) is 1. The highest BCUT2D eigenvalue weighted by atomic mass is 16.9. The van der Waals surface area contributed by atoms with Crippen LogP contribution in [-0.2, 0) is 14.4 Å². The molecule has 0 aromatic carbocycles. The third-order valence-electron chi connectivity index (χ3n) is 1.59. The first-order valence-corrected chi connectivity index (χ1v) is 4.08. The van der Waals surface area contributed by atoms with Gasteiger partial charge in [0.1, 0.15) is 19.3 Å². The zero-order chi connectivity index (χ0) is 11.3. The number of rotatable bonds is 5. The van der Waals surface area contributed by atoms with Gasteiger partial charge in [-0.3, -0.25) is 4.79 Å². The van der Waals surface area contributed by atoms with Gasteiger partial charge in [-0.05, 0) is 0 Å². The van der Waals surface area contributed by atoms with Crippen LogP contribution in [0.5, 0.6) is 0 Å². The summed E-state index contributed by atoms with van der Waals surface area (Å²) in [7, 11) is 0. The monoisotopic (exact) mass is 219 g/mol. The fraction of sp³-hybridized carbons (Fsp3) is 0.667. The minimum atomic E-state index is -0.952. The predicted octanol–water partition coefficient (Wildman–Crippen LogP) is -1.58. The molecule has 0 unspecified atom stereocenters. The summed E-state index contributed by atoms with van der Waals surface area (Å²) < 4.78 is 4.48. The minimum Gasteiger partial charge on any atom is -0.447 e. The van der Waals surface area contributed by atoms with Gasteiger partial charge < -0.3 is 20.2 Å². The van der Waals surface area contributed by atoms with E-state index in [1.807, 2.05) is 0 Å². The fourth-order valence-electron chi connectivity index (χ4n) is 0.943. The van der Waals surface area contributed by atoms with Crippen LogP contribution >= 0.6 is 0 Å². The molecule has 1 atom stereocenters. The Bertz CT molecular complexity index is 280. The molecule has 1 aliphatic heterocycles. The molecule has 1 saturated heterocycles. The lowest BCUT2D eigenvalue weighted by atomic mass is 10.3. The van der Waals surface area contributed by atoms with Crippen LogP contribution in [0.4, 0.5) is 4.79 Å². The number of nitrogens with zero attached hydrogens (tertiary/aromatic N) is 1. The lowest BCUT2D eigenvalue weighted by molar-refractivity contribution is -0.757. The molecule has 2 N–H and O–H groups in total. The van der Waals surface area contributed by atoms with Gasteiger partial charge in [0.25, 0.3) is 5.09 Å². The summed E-state index contributed by atoms with van der Waals surface area (Å²) in [4.78, 5) is 35.5.